The lowest BCUT2D eigenvalue weighted by Crippen LogP contribution is -2.27. The third-order valence-electron chi connectivity index (χ3n) is 5.16. The van der Waals surface area contributed by atoms with Crippen molar-refractivity contribution >= 4 is 21.8 Å². The molecule has 0 bridgehead atoms. The van der Waals surface area contributed by atoms with Gasteiger partial charge < -0.3 is 0 Å². The second kappa shape index (κ2) is 7.55. The highest BCUT2D eigenvalue weighted by atomic mass is 32.2. The van der Waals surface area contributed by atoms with Gasteiger partial charge in [0.15, 0.2) is 0 Å². The molecule has 0 atom stereocenters. The highest BCUT2D eigenvalue weighted by Gasteiger charge is 2.31. The normalized spacial score (nSPS) is 17.7. The maximum Gasteiger partial charge on any atom is 0.244 e. The molecule has 3 aromatic rings. The third kappa shape index (κ3) is 3.82. The van der Waals surface area contributed by atoms with Gasteiger partial charge in [-0.3, -0.25) is 0 Å². The molecule has 1 saturated heterocycles. The summed E-state index contributed by atoms with van der Waals surface area (Å²) >= 11 is 1.35. The molecule has 2 aliphatic rings. The van der Waals surface area contributed by atoms with E-state index in [1.165, 1.54) is 22.3 Å². The summed E-state index contributed by atoms with van der Waals surface area (Å²) in [6.45, 7) is 1.17. The number of pyridine rings is 1. The first kappa shape index (κ1) is 18.8. The van der Waals surface area contributed by atoms with E-state index in [-0.39, 0.29) is 4.90 Å². The number of rotatable bonds is 6. The standard InChI is InChI=1S/C20H21N5O2S2/c26-29(27,24-12-4-5-13-24)17-10-11-18(21-14-17)28-20-22-19(15-8-9-15)25(23-20)16-6-2-1-3-7-16/h1-3,6-7,10-11,14-15H,4-5,8-9,12-13H2. The summed E-state index contributed by atoms with van der Waals surface area (Å²) in [5.74, 6) is 1.44. The minimum Gasteiger partial charge on any atom is -0.248 e. The van der Waals surface area contributed by atoms with E-state index < -0.39 is 10.0 Å². The SMILES string of the molecule is O=S(=O)(c1ccc(Sc2nc(C3CC3)n(-c3ccccc3)n2)nc1)N1CCCC1. The quantitative estimate of drug-likeness (QED) is 0.599. The second-order valence-corrected chi connectivity index (χ2v) is 10.2. The third-order valence-corrected chi connectivity index (χ3v) is 7.85. The molecular formula is C20H21N5O2S2. The number of hydrogen-bond acceptors (Lipinski definition) is 6. The maximum atomic E-state index is 12.6. The van der Waals surface area contributed by atoms with Gasteiger partial charge in [-0.25, -0.2) is 23.1 Å². The molecule has 0 amide bonds. The molecule has 5 rings (SSSR count). The van der Waals surface area contributed by atoms with Crippen molar-refractivity contribution in [1.82, 2.24) is 24.1 Å². The molecule has 7 nitrogen and oxygen atoms in total. The van der Waals surface area contributed by atoms with Crippen LogP contribution in [-0.2, 0) is 10.0 Å². The van der Waals surface area contributed by atoms with E-state index >= 15 is 0 Å². The molecule has 0 N–H and O–H groups in total. The molecule has 0 unspecified atom stereocenters. The molecule has 2 aromatic heterocycles. The zero-order chi connectivity index (χ0) is 19.8. The summed E-state index contributed by atoms with van der Waals surface area (Å²) in [6, 6.07) is 13.3. The summed E-state index contributed by atoms with van der Waals surface area (Å²) in [5.41, 5.74) is 0.994. The first-order chi connectivity index (χ1) is 14.1. The molecule has 2 fully saturated rings. The molecular weight excluding hydrogens is 406 g/mol. The molecule has 0 spiro atoms. The van der Waals surface area contributed by atoms with Gasteiger partial charge in [0.25, 0.3) is 0 Å². The average molecular weight is 428 g/mol. The van der Waals surface area contributed by atoms with E-state index in [1.807, 2.05) is 35.0 Å². The molecule has 1 aromatic carbocycles. The summed E-state index contributed by atoms with van der Waals surface area (Å²) in [7, 11) is -3.44. The van der Waals surface area contributed by atoms with Crippen LogP contribution in [0.1, 0.15) is 37.4 Å². The topological polar surface area (TPSA) is 81.0 Å². The van der Waals surface area contributed by atoms with Crippen LogP contribution in [0.5, 0.6) is 0 Å². The Bertz CT molecular complexity index is 1100. The largest absolute Gasteiger partial charge is 0.248 e. The Balaban J connectivity index is 1.38. The van der Waals surface area contributed by atoms with Crippen LogP contribution in [0.4, 0.5) is 0 Å². The molecule has 3 heterocycles. The number of sulfonamides is 1. The zero-order valence-electron chi connectivity index (χ0n) is 15.8. The Kier molecular flexibility index (Phi) is 4.89. The van der Waals surface area contributed by atoms with Gasteiger partial charge in [-0.2, -0.15) is 4.31 Å². The van der Waals surface area contributed by atoms with Crippen molar-refractivity contribution in [2.24, 2.45) is 0 Å². The van der Waals surface area contributed by atoms with E-state index in [9.17, 15) is 8.42 Å². The van der Waals surface area contributed by atoms with Crippen molar-refractivity contribution in [3.05, 3.63) is 54.5 Å². The Morgan fingerprint density at radius 1 is 1.00 bits per heavy atom. The number of hydrogen-bond donors (Lipinski definition) is 0. The second-order valence-electron chi connectivity index (χ2n) is 7.32. The first-order valence-electron chi connectivity index (χ1n) is 9.78. The van der Waals surface area contributed by atoms with Gasteiger partial charge in [-0.1, -0.05) is 18.2 Å². The van der Waals surface area contributed by atoms with Crippen LogP contribution in [0.2, 0.25) is 0 Å². The molecule has 1 saturated carbocycles. The van der Waals surface area contributed by atoms with Gasteiger partial charge in [-0.05, 0) is 61.7 Å². The lowest BCUT2D eigenvalue weighted by atomic mass is 10.3. The Morgan fingerprint density at radius 3 is 2.41 bits per heavy atom. The van der Waals surface area contributed by atoms with Crippen molar-refractivity contribution in [2.75, 3.05) is 13.1 Å². The minimum absolute atomic E-state index is 0.241. The minimum atomic E-state index is -3.44. The predicted octanol–water partition coefficient (Wildman–Crippen LogP) is 3.48. The van der Waals surface area contributed by atoms with Gasteiger partial charge in [0.05, 0.1) is 5.69 Å². The lowest BCUT2D eigenvalue weighted by molar-refractivity contribution is 0.477. The zero-order valence-corrected chi connectivity index (χ0v) is 17.4. The van der Waals surface area contributed by atoms with Crippen molar-refractivity contribution in [1.29, 1.82) is 0 Å². The van der Waals surface area contributed by atoms with Crippen molar-refractivity contribution in [3.8, 4) is 5.69 Å². The van der Waals surface area contributed by atoms with Gasteiger partial charge >= 0.3 is 0 Å². The van der Waals surface area contributed by atoms with E-state index in [0.29, 0.717) is 29.2 Å². The molecule has 1 aliphatic carbocycles. The van der Waals surface area contributed by atoms with Crippen LogP contribution < -0.4 is 0 Å². The fourth-order valence-electron chi connectivity index (χ4n) is 3.46. The van der Waals surface area contributed by atoms with Crippen molar-refractivity contribution in [3.63, 3.8) is 0 Å². The van der Waals surface area contributed by atoms with Crippen LogP contribution in [0.15, 0.2) is 63.7 Å². The van der Waals surface area contributed by atoms with E-state index in [4.69, 9.17) is 4.98 Å². The Labute approximate surface area is 174 Å². The van der Waals surface area contributed by atoms with Gasteiger partial charge in [-0.15, -0.1) is 5.10 Å². The van der Waals surface area contributed by atoms with Crippen LogP contribution in [0.3, 0.4) is 0 Å². The summed E-state index contributed by atoms with van der Waals surface area (Å²) in [6.07, 6.45) is 5.54. The average Bonchev–Trinajstić information content (AvgIpc) is 3.26. The Morgan fingerprint density at radius 2 is 1.76 bits per heavy atom. The van der Waals surface area contributed by atoms with Gasteiger partial charge in [0, 0.05) is 25.2 Å². The van der Waals surface area contributed by atoms with E-state index in [2.05, 4.69) is 10.1 Å². The summed E-state index contributed by atoms with van der Waals surface area (Å²) < 4.78 is 28.7. The van der Waals surface area contributed by atoms with E-state index in [0.717, 1.165) is 37.2 Å². The number of benzene rings is 1. The molecule has 150 valence electrons. The van der Waals surface area contributed by atoms with Crippen LogP contribution in [0.25, 0.3) is 5.69 Å². The smallest absolute Gasteiger partial charge is 0.244 e. The summed E-state index contributed by atoms with van der Waals surface area (Å²) in [4.78, 5) is 9.32. The fourth-order valence-corrected chi connectivity index (χ4v) is 5.62. The lowest BCUT2D eigenvalue weighted by Gasteiger charge is -2.15. The highest BCUT2D eigenvalue weighted by molar-refractivity contribution is 7.99. The molecule has 9 heteroatoms. The fraction of sp³-hybridized carbons (Fsp3) is 0.350. The summed E-state index contributed by atoms with van der Waals surface area (Å²) in [5, 5.41) is 5.98. The van der Waals surface area contributed by atoms with Crippen LogP contribution in [-0.4, -0.2) is 45.6 Å². The maximum absolute atomic E-state index is 12.6. The predicted molar refractivity (Wildman–Crippen MR) is 110 cm³/mol. The molecule has 29 heavy (non-hydrogen) atoms. The molecule has 1 aliphatic heterocycles. The molecule has 0 radical (unpaired) electrons. The first-order valence-corrected chi connectivity index (χ1v) is 12.0. The number of para-hydroxylation sites is 1. The van der Waals surface area contributed by atoms with Gasteiger partial charge in [0.1, 0.15) is 15.7 Å². The number of aromatic nitrogens is 4. The van der Waals surface area contributed by atoms with Crippen LogP contribution >= 0.6 is 11.8 Å². The number of nitrogens with zero attached hydrogens (tertiary/aromatic N) is 5. The van der Waals surface area contributed by atoms with Crippen molar-refractivity contribution in [2.45, 2.75) is 46.7 Å². The van der Waals surface area contributed by atoms with E-state index in [1.54, 1.807) is 12.1 Å². The Hall–Kier alpha value is -2.23. The van der Waals surface area contributed by atoms with Crippen LogP contribution in [0, 0.1) is 0 Å². The van der Waals surface area contributed by atoms with Crippen molar-refractivity contribution < 1.29 is 8.42 Å². The van der Waals surface area contributed by atoms with Gasteiger partial charge in [0.2, 0.25) is 15.2 Å². The highest BCUT2D eigenvalue weighted by Crippen LogP contribution is 2.40. The monoisotopic (exact) mass is 427 g/mol.